The second-order valence-corrected chi connectivity index (χ2v) is 9.13. The van der Waals surface area contributed by atoms with Crippen LogP contribution in [0, 0.1) is 0 Å². The summed E-state index contributed by atoms with van der Waals surface area (Å²) in [5.74, 6) is -0.548. The van der Waals surface area contributed by atoms with Gasteiger partial charge in [-0.15, -0.1) is 0 Å². The SMILES string of the molecule is COC(=O)COc1cccc(C(=O)Nc2ccc(S(=O)(=O)N3CCCCCC3)cc2)c1. The van der Waals surface area contributed by atoms with E-state index < -0.39 is 16.0 Å². The van der Waals surface area contributed by atoms with Gasteiger partial charge in [-0.25, -0.2) is 13.2 Å². The van der Waals surface area contributed by atoms with Crippen molar-refractivity contribution in [1.82, 2.24) is 4.31 Å². The minimum Gasteiger partial charge on any atom is -0.482 e. The number of esters is 1. The molecule has 1 amide bonds. The molecule has 0 saturated carbocycles. The molecule has 0 bridgehead atoms. The van der Waals surface area contributed by atoms with Gasteiger partial charge in [0, 0.05) is 24.3 Å². The normalized spacial score (nSPS) is 15.0. The zero-order valence-electron chi connectivity index (χ0n) is 17.4. The molecule has 3 rings (SSSR count). The molecule has 0 aromatic heterocycles. The molecule has 1 aliphatic rings. The molecular weight excluding hydrogens is 420 g/mol. The average Bonchev–Trinajstić information content (AvgIpc) is 3.08. The third-order valence-corrected chi connectivity index (χ3v) is 6.91. The molecule has 8 nitrogen and oxygen atoms in total. The first-order valence-electron chi connectivity index (χ1n) is 10.1. The van der Waals surface area contributed by atoms with Gasteiger partial charge in [0.15, 0.2) is 6.61 Å². The van der Waals surface area contributed by atoms with Crippen molar-refractivity contribution in [2.45, 2.75) is 30.6 Å². The maximum absolute atomic E-state index is 12.9. The lowest BCUT2D eigenvalue weighted by Gasteiger charge is -2.20. The number of benzene rings is 2. The van der Waals surface area contributed by atoms with E-state index in [9.17, 15) is 18.0 Å². The first-order chi connectivity index (χ1) is 14.9. The van der Waals surface area contributed by atoms with Crippen LogP contribution in [0.15, 0.2) is 53.4 Å². The Labute approximate surface area is 182 Å². The zero-order valence-corrected chi connectivity index (χ0v) is 18.2. The molecule has 1 aliphatic heterocycles. The number of sulfonamides is 1. The zero-order chi connectivity index (χ0) is 22.3. The van der Waals surface area contributed by atoms with Crippen molar-refractivity contribution < 1.29 is 27.5 Å². The number of nitrogens with one attached hydrogen (secondary N) is 1. The van der Waals surface area contributed by atoms with E-state index in [-0.39, 0.29) is 17.4 Å². The number of carbonyl (C=O) groups is 2. The number of amides is 1. The van der Waals surface area contributed by atoms with Crippen molar-refractivity contribution in [2.75, 3.05) is 32.1 Å². The number of carbonyl (C=O) groups excluding carboxylic acids is 2. The number of hydrogen-bond acceptors (Lipinski definition) is 6. The van der Waals surface area contributed by atoms with E-state index in [4.69, 9.17) is 4.74 Å². The van der Waals surface area contributed by atoms with E-state index in [1.165, 1.54) is 29.6 Å². The van der Waals surface area contributed by atoms with Crippen molar-refractivity contribution in [2.24, 2.45) is 0 Å². The quantitative estimate of drug-likeness (QED) is 0.656. The highest BCUT2D eigenvalue weighted by Crippen LogP contribution is 2.22. The Bertz CT molecular complexity index is 1010. The fraction of sp³-hybridized carbons (Fsp3) is 0.364. The van der Waals surface area contributed by atoms with E-state index in [2.05, 4.69) is 10.1 Å². The number of ether oxygens (including phenoxy) is 2. The first kappa shape index (κ1) is 22.8. The summed E-state index contributed by atoms with van der Waals surface area (Å²) >= 11 is 0. The van der Waals surface area contributed by atoms with Crippen LogP contribution >= 0.6 is 0 Å². The lowest BCUT2D eigenvalue weighted by Crippen LogP contribution is -2.31. The van der Waals surface area contributed by atoms with Crippen LogP contribution in [0.25, 0.3) is 0 Å². The number of anilines is 1. The van der Waals surface area contributed by atoms with Crippen LogP contribution in [0.1, 0.15) is 36.0 Å². The summed E-state index contributed by atoms with van der Waals surface area (Å²) in [6.07, 6.45) is 3.84. The summed E-state index contributed by atoms with van der Waals surface area (Å²) in [5.41, 5.74) is 0.810. The predicted molar refractivity (Wildman–Crippen MR) is 116 cm³/mol. The van der Waals surface area contributed by atoms with Crippen LogP contribution in [0.4, 0.5) is 5.69 Å². The fourth-order valence-electron chi connectivity index (χ4n) is 3.27. The lowest BCUT2D eigenvalue weighted by atomic mass is 10.2. The van der Waals surface area contributed by atoms with Gasteiger partial charge in [-0.2, -0.15) is 4.31 Å². The molecular formula is C22H26N2O6S. The van der Waals surface area contributed by atoms with Crippen LogP contribution < -0.4 is 10.1 Å². The van der Waals surface area contributed by atoms with Gasteiger partial charge in [-0.05, 0) is 55.3 Å². The largest absolute Gasteiger partial charge is 0.482 e. The van der Waals surface area contributed by atoms with Gasteiger partial charge < -0.3 is 14.8 Å². The van der Waals surface area contributed by atoms with Crippen molar-refractivity contribution >= 4 is 27.6 Å². The molecule has 0 unspecified atom stereocenters. The molecule has 1 saturated heterocycles. The number of nitrogens with zero attached hydrogens (tertiary/aromatic N) is 1. The third-order valence-electron chi connectivity index (χ3n) is 5.00. The highest BCUT2D eigenvalue weighted by atomic mass is 32.2. The van der Waals surface area contributed by atoms with Crippen LogP contribution in [0.5, 0.6) is 5.75 Å². The topological polar surface area (TPSA) is 102 Å². The second kappa shape index (κ2) is 10.4. The summed E-state index contributed by atoms with van der Waals surface area (Å²) in [4.78, 5) is 23.9. The van der Waals surface area contributed by atoms with E-state index >= 15 is 0 Å². The standard InChI is InChI=1S/C22H26N2O6S/c1-29-21(25)16-30-19-8-6-7-17(15-19)22(26)23-18-9-11-20(12-10-18)31(27,28)24-13-4-2-3-5-14-24/h6-12,15H,2-5,13-14,16H2,1H3,(H,23,26). The Morgan fingerprint density at radius 2 is 1.68 bits per heavy atom. The van der Waals surface area contributed by atoms with Gasteiger partial charge in [0.25, 0.3) is 5.91 Å². The van der Waals surface area contributed by atoms with Crippen LogP contribution in [-0.2, 0) is 19.6 Å². The summed E-state index contributed by atoms with van der Waals surface area (Å²) in [6, 6.07) is 12.5. The molecule has 1 N–H and O–H groups in total. The first-order valence-corrected chi connectivity index (χ1v) is 11.6. The molecule has 1 fully saturated rings. The maximum Gasteiger partial charge on any atom is 0.343 e. The van der Waals surface area contributed by atoms with Gasteiger partial charge in [-0.1, -0.05) is 18.9 Å². The minimum atomic E-state index is -3.54. The molecule has 166 valence electrons. The Kier molecular flexibility index (Phi) is 7.64. The molecule has 31 heavy (non-hydrogen) atoms. The van der Waals surface area contributed by atoms with Gasteiger partial charge in [0.1, 0.15) is 5.75 Å². The molecule has 0 spiro atoms. The maximum atomic E-state index is 12.9. The van der Waals surface area contributed by atoms with Crippen molar-refractivity contribution in [1.29, 1.82) is 0 Å². The van der Waals surface area contributed by atoms with E-state index in [1.807, 2.05) is 0 Å². The Balaban J connectivity index is 1.65. The molecule has 9 heteroatoms. The van der Waals surface area contributed by atoms with Gasteiger partial charge >= 0.3 is 5.97 Å². The molecule has 0 radical (unpaired) electrons. The Morgan fingerprint density at radius 1 is 1.00 bits per heavy atom. The van der Waals surface area contributed by atoms with E-state index in [0.29, 0.717) is 30.1 Å². The van der Waals surface area contributed by atoms with Crippen LogP contribution in [-0.4, -0.2) is 51.4 Å². The summed E-state index contributed by atoms with van der Waals surface area (Å²) in [6.45, 7) is 0.818. The third kappa shape index (κ3) is 6.05. The molecule has 2 aromatic carbocycles. The average molecular weight is 447 g/mol. The lowest BCUT2D eigenvalue weighted by molar-refractivity contribution is -0.142. The van der Waals surface area contributed by atoms with Gasteiger partial charge in [0.05, 0.1) is 12.0 Å². The monoisotopic (exact) mass is 446 g/mol. The number of methoxy groups -OCH3 is 1. The summed E-state index contributed by atoms with van der Waals surface area (Å²) < 4.78 is 37.1. The Morgan fingerprint density at radius 3 is 2.32 bits per heavy atom. The van der Waals surface area contributed by atoms with E-state index in [1.54, 1.807) is 30.3 Å². The molecule has 0 atom stereocenters. The second-order valence-electron chi connectivity index (χ2n) is 7.19. The van der Waals surface area contributed by atoms with Crippen molar-refractivity contribution in [3.63, 3.8) is 0 Å². The van der Waals surface area contributed by atoms with Crippen LogP contribution in [0.2, 0.25) is 0 Å². The smallest absolute Gasteiger partial charge is 0.343 e. The van der Waals surface area contributed by atoms with Gasteiger partial charge in [-0.3, -0.25) is 4.79 Å². The predicted octanol–water partition coefficient (Wildman–Crippen LogP) is 3.06. The molecule has 0 aliphatic carbocycles. The van der Waals surface area contributed by atoms with E-state index in [0.717, 1.165) is 25.7 Å². The fourth-order valence-corrected chi connectivity index (χ4v) is 4.79. The van der Waals surface area contributed by atoms with Crippen molar-refractivity contribution in [3.05, 3.63) is 54.1 Å². The summed E-state index contributed by atoms with van der Waals surface area (Å²) in [7, 11) is -2.27. The summed E-state index contributed by atoms with van der Waals surface area (Å²) in [5, 5.41) is 2.74. The molecule has 1 heterocycles. The highest BCUT2D eigenvalue weighted by Gasteiger charge is 2.25. The van der Waals surface area contributed by atoms with Gasteiger partial charge in [0.2, 0.25) is 10.0 Å². The highest BCUT2D eigenvalue weighted by molar-refractivity contribution is 7.89. The van der Waals surface area contributed by atoms with Crippen LogP contribution in [0.3, 0.4) is 0 Å². The molecule has 2 aromatic rings. The minimum absolute atomic E-state index is 0.214. The Hall–Kier alpha value is -2.91. The van der Waals surface area contributed by atoms with Crippen molar-refractivity contribution in [3.8, 4) is 5.75 Å². The number of hydrogen-bond donors (Lipinski definition) is 1. The number of rotatable bonds is 7.